The van der Waals surface area contributed by atoms with E-state index in [1.807, 2.05) is 24.3 Å². The average molecular weight is 583 g/mol. The monoisotopic (exact) mass is 582 g/mol. The molecule has 0 spiro atoms. The van der Waals surface area contributed by atoms with Gasteiger partial charge in [0, 0.05) is 18.2 Å². The van der Waals surface area contributed by atoms with Gasteiger partial charge in [0.15, 0.2) is 5.65 Å². The molecule has 1 saturated carbocycles. The number of likely N-dealkylation sites (tertiary alicyclic amines) is 1. The number of benzene rings is 2. The van der Waals surface area contributed by atoms with Crippen LogP contribution in [-0.4, -0.2) is 59.9 Å². The number of carboxylic acid groups (broad SMARTS) is 1. The molecule has 2 amide bonds. The van der Waals surface area contributed by atoms with E-state index in [0.717, 1.165) is 0 Å². The lowest BCUT2D eigenvalue weighted by molar-refractivity contribution is -0.127. The van der Waals surface area contributed by atoms with Crippen LogP contribution in [0.15, 0.2) is 66.5 Å². The number of nitrogens with two attached hydrogens (primary N) is 1. The summed E-state index contributed by atoms with van der Waals surface area (Å²) in [6, 6.07) is 15.1. The van der Waals surface area contributed by atoms with Gasteiger partial charge < -0.3 is 25.8 Å². The van der Waals surface area contributed by atoms with Crippen LogP contribution in [0.5, 0.6) is 11.5 Å². The minimum absolute atomic E-state index is 0.115. The summed E-state index contributed by atoms with van der Waals surface area (Å²) >= 11 is 0. The quantitative estimate of drug-likeness (QED) is 0.203. The summed E-state index contributed by atoms with van der Waals surface area (Å²) in [5, 5.41) is 26.3. The number of halogens is 1. The molecular formula is C30H27FN8O4. The lowest BCUT2D eigenvalue weighted by Crippen LogP contribution is -2.40. The van der Waals surface area contributed by atoms with Gasteiger partial charge in [-0.3, -0.25) is 4.79 Å². The fourth-order valence-electron chi connectivity index (χ4n) is 5.44. The van der Waals surface area contributed by atoms with Gasteiger partial charge >= 0.3 is 6.09 Å². The van der Waals surface area contributed by atoms with Crippen LogP contribution in [0.3, 0.4) is 0 Å². The van der Waals surface area contributed by atoms with Gasteiger partial charge in [-0.2, -0.15) is 10.4 Å². The third-order valence-electron chi connectivity index (χ3n) is 7.67. The van der Waals surface area contributed by atoms with E-state index >= 15 is 4.39 Å². The van der Waals surface area contributed by atoms with E-state index in [4.69, 9.17) is 15.6 Å². The van der Waals surface area contributed by atoms with Crippen molar-refractivity contribution in [3.05, 3.63) is 72.3 Å². The van der Waals surface area contributed by atoms with Crippen LogP contribution in [0.1, 0.15) is 25.7 Å². The number of hydrogen-bond acceptors (Lipinski definition) is 8. The number of amides is 2. The first-order valence-corrected chi connectivity index (χ1v) is 13.7. The number of nitrogens with zero attached hydrogens (tertiary/aromatic N) is 6. The molecular weight excluding hydrogens is 555 g/mol. The molecule has 2 aromatic carbocycles. The standard InChI is InChI=1S/C30H27FN8O4/c31-23-13-21(43-20-6-2-1-3-7-20)8-9-22(23)25-24-26(33)34-17-35-27(24)39(37-25)16-19-5-4-12-38(19)28(40)18(15-32)14-30(10-11-30)36-29(41)42/h1-3,6-9,13-14,17,19,36H,4-5,10-12,16H2,(H,41,42)(H2,33,34,35)/t19-/m1/s1. The molecule has 1 atom stereocenters. The Morgan fingerprint density at radius 3 is 2.70 bits per heavy atom. The van der Waals surface area contributed by atoms with Gasteiger partial charge in [0.25, 0.3) is 5.91 Å². The third-order valence-corrected chi connectivity index (χ3v) is 7.67. The Morgan fingerprint density at radius 2 is 2.00 bits per heavy atom. The van der Waals surface area contributed by atoms with Crippen LogP contribution in [0.2, 0.25) is 0 Å². The van der Waals surface area contributed by atoms with Crippen molar-refractivity contribution < 1.29 is 23.8 Å². The molecule has 0 unspecified atom stereocenters. The van der Waals surface area contributed by atoms with E-state index in [-0.39, 0.29) is 35.2 Å². The maximum atomic E-state index is 15.5. The lowest BCUT2D eigenvalue weighted by atomic mass is 10.1. The second-order valence-corrected chi connectivity index (χ2v) is 10.6. The molecule has 218 valence electrons. The lowest BCUT2D eigenvalue weighted by Gasteiger charge is -2.25. The Bertz CT molecular complexity index is 1800. The highest BCUT2D eigenvalue weighted by Crippen LogP contribution is 2.38. The number of nitrogen functional groups attached to an aromatic ring is 1. The molecule has 2 fully saturated rings. The predicted molar refractivity (Wildman–Crippen MR) is 153 cm³/mol. The molecule has 3 heterocycles. The number of carbonyl (C=O) groups excluding carboxylic acids is 1. The normalized spacial score (nSPS) is 17.4. The fourth-order valence-corrected chi connectivity index (χ4v) is 5.44. The number of fused-ring (bicyclic) bond motifs is 1. The molecule has 1 aliphatic heterocycles. The molecule has 43 heavy (non-hydrogen) atoms. The van der Waals surface area contributed by atoms with Crippen molar-refractivity contribution in [1.82, 2.24) is 30.0 Å². The largest absolute Gasteiger partial charge is 0.465 e. The number of aromatic nitrogens is 4. The molecule has 2 aromatic heterocycles. The number of carbonyl (C=O) groups is 2. The summed E-state index contributed by atoms with van der Waals surface area (Å²) in [4.78, 5) is 34.7. The predicted octanol–water partition coefficient (Wildman–Crippen LogP) is 4.25. The van der Waals surface area contributed by atoms with Crippen LogP contribution in [-0.2, 0) is 11.3 Å². The van der Waals surface area contributed by atoms with Crippen molar-refractivity contribution >= 4 is 28.9 Å². The number of anilines is 1. The first kappa shape index (κ1) is 27.6. The van der Waals surface area contributed by atoms with Gasteiger partial charge in [-0.15, -0.1) is 0 Å². The van der Waals surface area contributed by atoms with Crippen molar-refractivity contribution in [2.75, 3.05) is 12.3 Å². The van der Waals surface area contributed by atoms with E-state index in [2.05, 4.69) is 20.4 Å². The minimum atomic E-state index is -1.21. The van der Waals surface area contributed by atoms with Gasteiger partial charge in [-0.1, -0.05) is 18.2 Å². The first-order chi connectivity index (χ1) is 20.8. The maximum absolute atomic E-state index is 15.5. The summed E-state index contributed by atoms with van der Waals surface area (Å²) in [6.45, 7) is 0.634. The highest BCUT2D eigenvalue weighted by Gasteiger charge is 2.44. The number of hydrogen-bond donors (Lipinski definition) is 3. The number of nitrogens with one attached hydrogen (secondary N) is 1. The van der Waals surface area contributed by atoms with Gasteiger partial charge in [0.05, 0.1) is 23.5 Å². The molecule has 12 nitrogen and oxygen atoms in total. The van der Waals surface area contributed by atoms with E-state index in [1.165, 1.54) is 18.5 Å². The Morgan fingerprint density at radius 1 is 1.21 bits per heavy atom. The second-order valence-electron chi connectivity index (χ2n) is 10.6. The first-order valence-electron chi connectivity index (χ1n) is 13.7. The summed E-state index contributed by atoms with van der Waals surface area (Å²) in [5.74, 6) is -0.0427. The number of para-hydroxylation sites is 1. The summed E-state index contributed by atoms with van der Waals surface area (Å²) < 4.78 is 22.8. The van der Waals surface area contributed by atoms with Gasteiger partial charge in [-0.05, 0) is 56.0 Å². The van der Waals surface area contributed by atoms with E-state index in [9.17, 15) is 14.9 Å². The number of ether oxygens (including phenoxy) is 1. The average Bonchev–Trinajstić information content (AvgIpc) is 3.39. The van der Waals surface area contributed by atoms with Gasteiger partial charge in [0.1, 0.15) is 46.8 Å². The Labute approximate surface area is 245 Å². The topological polar surface area (TPSA) is 172 Å². The van der Waals surface area contributed by atoms with Crippen LogP contribution in [0, 0.1) is 17.1 Å². The highest BCUT2D eigenvalue weighted by molar-refractivity contribution is 5.99. The van der Waals surface area contributed by atoms with Crippen molar-refractivity contribution in [3.8, 4) is 28.8 Å². The van der Waals surface area contributed by atoms with Crippen LogP contribution in [0.4, 0.5) is 15.0 Å². The summed E-state index contributed by atoms with van der Waals surface area (Å²) in [6.07, 6.45) is 3.87. The van der Waals surface area contributed by atoms with E-state index in [1.54, 1.807) is 33.8 Å². The zero-order valence-electron chi connectivity index (χ0n) is 22.9. The van der Waals surface area contributed by atoms with Gasteiger partial charge in [-0.25, -0.2) is 23.8 Å². The molecule has 4 aromatic rings. The molecule has 6 rings (SSSR count). The zero-order chi connectivity index (χ0) is 30.1. The molecule has 1 aliphatic carbocycles. The molecule has 13 heteroatoms. The smallest absolute Gasteiger partial charge is 0.405 e. The van der Waals surface area contributed by atoms with Crippen LogP contribution < -0.4 is 15.8 Å². The van der Waals surface area contributed by atoms with Crippen molar-refractivity contribution in [2.24, 2.45) is 0 Å². The maximum Gasteiger partial charge on any atom is 0.405 e. The third kappa shape index (κ3) is 5.54. The molecule has 1 saturated heterocycles. The molecule has 0 bridgehead atoms. The minimum Gasteiger partial charge on any atom is -0.465 e. The molecule has 4 N–H and O–H groups in total. The van der Waals surface area contributed by atoms with E-state index in [0.29, 0.717) is 54.8 Å². The summed E-state index contributed by atoms with van der Waals surface area (Å²) in [7, 11) is 0. The SMILES string of the molecule is N#CC(=CC1(NC(=O)O)CC1)C(=O)N1CCC[C@@H]1Cn1nc(-c2ccc(Oc3ccccc3)cc2F)c2c(N)ncnc21. The Kier molecular flexibility index (Phi) is 7.11. The Hall–Kier alpha value is -5.51. The molecule has 2 aliphatic rings. The van der Waals surface area contributed by atoms with E-state index < -0.39 is 23.4 Å². The van der Waals surface area contributed by atoms with Crippen molar-refractivity contribution in [2.45, 2.75) is 43.8 Å². The Balaban J connectivity index is 1.29. The number of rotatable bonds is 8. The van der Waals surface area contributed by atoms with Gasteiger partial charge in [0.2, 0.25) is 0 Å². The fraction of sp³-hybridized carbons (Fsp3) is 0.267. The highest BCUT2D eigenvalue weighted by atomic mass is 19.1. The number of nitriles is 1. The van der Waals surface area contributed by atoms with Crippen molar-refractivity contribution in [1.29, 1.82) is 5.26 Å². The second kappa shape index (κ2) is 11.1. The summed E-state index contributed by atoms with van der Waals surface area (Å²) in [5.41, 5.74) is 6.02. The van der Waals surface area contributed by atoms with Crippen LogP contribution in [0.25, 0.3) is 22.3 Å². The zero-order valence-corrected chi connectivity index (χ0v) is 22.9. The van der Waals surface area contributed by atoms with Crippen LogP contribution >= 0.6 is 0 Å². The van der Waals surface area contributed by atoms with Crippen molar-refractivity contribution in [3.63, 3.8) is 0 Å². The molecule has 0 radical (unpaired) electrons.